The van der Waals surface area contributed by atoms with Crippen LogP contribution >= 0.6 is 11.3 Å². The summed E-state index contributed by atoms with van der Waals surface area (Å²) in [4.78, 5) is 34.5. The molecular weight excluding hydrogens is 450 g/mol. The van der Waals surface area contributed by atoms with E-state index in [1.165, 1.54) is 12.0 Å². The number of aromatic nitrogens is 3. The molecule has 0 bridgehead atoms. The number of fused-ring (bicyclic) bond motifs is 1. The summed E-state index contributed by atoms with van der Waals surface area (Å²) in [6, 6.07) is 10.9. The molecule has 9 heteroatoms. The number of pyridine rings is 1. The number of hydrogen-bond donors (Lipinski definition) is 1. The number of carbonyl (C=O) groups excluding carboxylic acids is 2. The summed E-state index contributed by atoms with van der Waals surface area (Å²) in [5.74, 6) is -0.0445. The fourth-order valence-corrected chi connectivity index (χ4v) is 4.50. The van der Waals surface area contributed by atoms with Crippen LogP contribution in [0.4, 0.5) is 5.69 Å². The van der Waals surface area contributed by atoms with Crippen molar-refractivity contribution in [2.75, 3.05) is 26.5 Å². The third kappa shape index (κ3) is 4.38. The summed E-state index contributed by atoms with van der Waals surface area (Å²) in [6.45, 7) is 6.08. The Kier molecular flexibility index (Phi) is 6.39. The second-order valence-electron chi connectivity index (χ2n) is 8.45. The largest absolute Gasteiger partial charge is 0.495 e. The Morgan fingerprint density at radius 2 is 1.91 bits per heavy atom. The standard InChI is InChI=1S/C25H27N5O3S/c1-14(2)30-23-18(13-26-30)17(12-20(27-23)22-10-7-15(3)34-22)24(31)28-19-11-16(25(32)29(4)5)8-9-21(19)33-6/h7-14H,1-6H3,(H,28,31). The van der Waals surface area contributed by atoms with E-state index in [1.807, 2.05) is 37.6 Å². The lowest BCUT2D eigenvalue weighted by atomic mass is 10.1. The highest BCUT2D eigenvalue weighted by Crippen LogP contribution is 2.32. The maximum absolute atomic E-state index is 13.6. The summed E-state index contributed by atoms with van der Waals surface area (Å²) in [6.07, 6.45) is 1.67. The van der Waals surface area contributed by atoms with E-state index in [1.54, 1.807) is 55.9 Å². The Balaban J connectivity index is 1.81. The second-order valence-corrected chi connectivity index (χ2v) is 9.74. The number of aryl methyl sites for hydroxylation is 1. The van der Waals surface area contributed by atoms with Gasteiger partial charge in [0.15, 0.2) is 5.65 Å². The number of thiophene rings is 1. The molecule has 3 heterocycles. The molecule has 0 spiro atoms. The molecule has 0 saturated carbocycles. The number of amides is 2. The van der Waals surface area contributed by atoms with Gasteiger partial charge in [-0.15, -0.1) is 11.3 Å². The smallest absolute Gasteiger partial charge is 0.256 e. The lowest BCUT2D eigenvalue weighted by Gasteiger charge is -2.15. The minimum absolute atomic E-state index is 0.0788. The molecule has 0 aliphatic carbocycles. The molecule has 4 aromatic rings. The van der Waals surface area contributed by atoms with Crippen LogP contribution in [0.5, 0.6) is 5.75 Å². The number of hydrogen-bond acceptors (Lipinski definition) is 6. The van der Waals surface area contributed by atoms with Gasteiger partial charge in [0.05, 0.1) is 40.5 Å². The number of methoxy groups -OCH3 is 1. The molecule has 34 heavy (non-hydrogen) atoms. The zero-order valence-electron chi connectivity index (χ0n) is 20.0. The predicted molar refractivity (Wildman–Crippen MR) is 135 cm³/mol. The van der Waals surface area contributed by atoms with Gasteiger partial charge in [0.2, 0.25) is 0 Å². The van der Waals surface area contributed by atoms with Gasteiger partial charge >= 0.3 is 0 Å². The van der Waals surface area contributed by atoms with Gasteiger partial charge in [0.1, 0.15) is 5.75 Å². The van der Waals surface area contributed by atoms with Crippen molar-refractivity contribution in [1.82, 2.24) is 19.7 Å². The van der Waals surface area contributed by atoms with E-state index in [0.717, 1.165) is 9.75 Å². The SMILES string of the molecule is COc1ccc(C(=O)N(C)C)cc1NC(=O)c1cc(-c2ccc(C)s2)nc2c1cnn2C(C)C. The lowest BCUT2D eigenvalue weighted by molar-refractivity contribution is 0.0827. The van der Waals surface area contributed by atoms with Crippen molar-refractivity contribution in [3.05, 3.63) is 58.6 Å². The number of nitrogens with zero attached hydrogens (tertiary/aromatic N) is 4. The maximum atomic E-state index is 13.6. The fraction of sp³-hybridized carbons (Fsp3) is 0.280. The maximum Gasteiger partial charge on any atom is 0.256 e. The lowest BCUT2D eigenvalue weighted by Crippen LogP contribution is -2.22. The van der Waals surface area contributed by atoms with Crippen LogP contribution in [-0.4, -0.2) is 52.7 Å². The Hall–Kier alpha value is -3.72. The quantitative estimate of drug-likeness (QED) is 0.422. The predicted octanol–water partition coefficient (Wildman–Crippen LogP) is 5.01. The second kappa shape index (κ2) is 9.26. The van der Waals surface area contributed by atoms with Gasteiger partial charge in [-0.3, -0.25) is 9.59 Å². The summed E-state index contributed by atoms with van der Waals surface area (Å²) >= 11 is 1.62. The zero-order valence-corrected chi connectivity index (χ0v) is 20.9. The highest BCUT2D eigenvalue weighted by Gasteiger charge is 2.21. The zero-order chi connectivity index (χ0) is 24.6. The van der Waals surface area contributed by atoms with Gasteiger partial charge in [-0.1, -0.05) is 0 Å². The van der Waals surface area contributed by atoms with E-state index >= 15 is 0 Å². The van der Waals surface area contributed by atoms with Crippen molar-refractivity contribution in [3.8, 4) is 16.3 Å². The third-order valence-corrected chi connectivity index (χ3v) is 6.42. The number of nitrogens with one attached hydrogen (secondary N) is 1. The van der Waals surface area contributed by atoms with Gasteiger partial charge in [0.25, 0.3) is 11.8 Å². The molecule has 4 rings (SSSR count). The van der Waals surface area contributed by atoms with Crippen molar-refractivity contribution < 1.29 is 14.3 Å². The van der Waals surface area contributed by atoms with Crippen molar-refractivity contribution in [2.45, 2.75) is 26.8 Å². The number of anilines is 1. The van der Waals surface area contributed by atoms with Crippen molar-refractivity contribution in [2.24, 2.45) is 0 Å². The minimum Gasteiger partial charge on any atom is -0.495 e. The highest BCUT2D eigenvalue weighted by atomic mass is 32.1. The Bertz CT molecular complexity index is 1390. The molecule has 3 aromatic heterocycles. The highest BCUT2D eigenvalue weighted by molar-refractivity contribution is 7.15. The van der Waals surface area contributed by atoms with Crippen molar-refractivity contribution >= 4 is 39.9 Å². The van der Waals surface area contributed by atoms with Crippen LogP contribution in [0, 0.1) is 6.92 Å². The van der Waals surface area contributed by atoms with Gasteiger partial charge in [-0.2, -0.15) is 5.10 Å². The van der Waals surface area contributed by atoms with E-state index in [4.69, 9.17) is 9.72 Å². The number of rotatable bonds is 6. The van der Waals surface area contributed by atoms with E-state index in [0.29, 0.717) is 39.3 Å². The summed E-state index contributed by atoms with van der Waals surface area (Å²) in [5.41, 5.74) is 2.66. The molecule has 0 unspecified atom stereocenters. The Labute approximate surface area is 202 Å². The Morgan fingerprint density at radius 1 is 1.15 bits per heavy atom. The molecule has 176 valence electrons. The van der Waals surface area contributed by atoms with E-state index in [-0.39, 0.29) is 17.9 Å². The fourth-order valence-electron chi connectivity index (χ4n) is 3.67. The molecule has 0 fully saturated rings. The number of benzene rings is 1. The van der Waals surface area contributed by atoms with Crippen molar-refractivity contribution in [1.29, 1.82) is 0 Å². The van der Waals surface area contributed by atoms with Crippen LogP contribution in [0.15, 0.2) is 42.6 Å². The number of ether oxygens (including phenoxy) is 1. The van der Waals surface area contributed by atoms with Gasteiger partial charge < -0.3 is 15.0 Å². The van der Waals surface area contributed by atoms with E-state index < -0.39 is 0 Å². The van der Waals surface area contributed by atoms with Crippen LogP contribution in [0.2, 0.25) is 0 Å². The molecular formula is C25H27N5O3S. The van der Waals surface area contributed by atoms with Crippen LogP contribution in [-0.2, 0) is 0 Å². The molecule has 2 amide bonds. The van der Waals surface area contributed by atoms with Crippen LogP contribution in [0.1, 0.15) is 45.5 Å². The first-order chi connectivity index (χ1) is 16.2. The topological polar surface area (TPSA) is 89.3 Å². The average Bonchev–Trinajstić information content (AvgIpc) is 3.44. The summed E-state index contributed by atoms with van der Waals surface area (Å²) < 4.78 is 7.24. The first-order valence-electron chi connectivity index (χ1n) is 10.9. The molecule has 0 aliphatic heterocycles. The third-order valence-electron chi connectivity index (χ3n) is 5.39. The first kappa shape index (κ1) is 23.4. The molecule has 0 radical (unpaired) electrons. The van der Waals surface area contributed by atoms with Crippen LogP contribution in [0.25, 0.3) is 21.6 Å². The van der Waals surface area contributed by atoms with Gasteiger partial charge in [-0.25, -0.2) is 9.67 Å². The number of carbonyl (C=O) groups is 2. The van der Waals surface area contributed by atoms with E-state index in [9.17, 15) is 9.59 Å². The summed E-state index contributed by atoms with van der Waals surface area (Å²) in [7, 11) is 4.88. The van der Waals surface area contributed by atoms with Gasteiger partial charge in [0, 0.05) is 30.6 Å². The molecule has 0 atom stereocenters. The monoisotopic (exact) mass is 477 g/mol. The average molecular weight is 478 g/mol. The molecule has 8 nitrogen and oxygen atoms in total. The molecule has 1 aromatic carbocycles. The van der Waals surface area contributed by atoms with Crippen LogP contribution < -0.4 is 10.1 Å². The Morgan fingerprint density at radius 3 is 2.53 bits per heavy atom. The van der Waals surface area contributed by atoms with Gasteiger partial charge in [-0.05, 0) is 57.2 Å². The summed E-state index contributed by atoms with van der Waals surface area (Å²) in [5, 5.41) is 8.06. The minimum atomic E-state index is -0.335. The molecule has 0 aliphatic rings. The normalized spacial score (nSPS) is 11.1. The molecule has 0 saturated heterocycles. The van der Waals surface area contributed by atoms with Crippen LogP contribution in [0.3, 0.4) is 0 Å². The van der Waals surface area contributed by atoms with Crippen molar-refractivity contribution in [3.63, 3.8) is 0 Å². The first-order valence-corrected chi connectivity index (χ1v) is 11.7. The molecule has 1 N–H and O–H groups in total. The van der Waals surface area contributed by atoms with E-state index in [2.05, 4.69) is 10.4 Å².